The van der Waals surface area contributed by atoms with Crippen molar-refractivity contribution in [1.29, 1.82) is 0 Å². The molecule has 32 heavy (non-hydrogen) atoms. The molecular weight excluding hydrogens is 426 g/mol. The van der Waals surface area contributed by atoms with Gasteiger partial charge >= 0.3 is 0 Å². The van der Waals surface area contributed by atoms with E-state index in [2.05, 4.69) is 6.92 Å². The highest BCUT2D eigenvalue weighted by Crippen LogP contribution is 2.36. The molecule has 3 aromatic rings. The molecule has 1 saturated carbocycles. The zero-order chi connectivity index (χ0) is 22.4. The van der Waals surface area contributed by atoms with Crippen LogP contribution in [-0.2, 0) is 0 Å². The second-order valence-electron chi connectivity index (χ2n) is 9.13. The standard InChI is InChI=1S/C24H28ClN5O2/c1-14-13-30-22(27-23(14)15-5-7-17(26)10-15)12-19(28-30)20-4-2-3-9-29(20)24(32)16-6-8-18(25)21(31)11-16/h6,8,11-13,15,17,20,31H,2-5,7,9-10,26H2,1H3/t15?,17-,20-/m0/s1. The number of carbonyl (C=O) groups excluding carboxylic acids is 1. The van der Waals surface area contributed by atoms with Crippen molar-refractivity contribution in [2.75, 3.05) is 6.54 Å². The molecule has 7 nitrogen and oxygen atoms in total. The fraction of sp³-hybridized carbons (Fsp3) is 0.458. The van der Waals surface area contributed by atoms with E-state index in [1.807, 2.05) is 21.7 Å². The second kappa shape index (κ2) is 8.37. The molecule has 2 aromatic heterocycles. The smallest absolute Gasteiger partial charge is 0.254 e. The lowest BCUT2D eigenvalue weighted by molar-refractivity contribution is 0.0605. The van der Waals surface area contributed by atoms with E-state index in [9.17, 15) is 9.90 Å². The van der Waals surface area contributed by atoms with Gasteiger partial charge in [-0.1, -0.05) is 11.6 Å². The van der Waals surface area contributed by atoms with Crippen molar-refractivity contribution >= 4 is 23.2 Å². The van der Waals surface area contributed by atoms with Crippen molar-refractivity contribution in [3.63, 3.8) is 0 Å². The Morgan fingerprint density at radius 3 is 2.81 bits per heavy atom. The number of phenolic OH excluding ortho intramolecular Hbond substituents is 1. The Labute approximate surface area is 192 Å². The van der Waals surface area contributed by atoms with Crippen molar-refractivity contribution < 1.29 is 9.90 Å². The first-order valence-electron chi connectivity index (χ1n) is 11.3. The van der Waals surface area contributed by atoms with E-state index < -0.39 is 0 Å². The predicted octanol–water partition coefficient (Wildman–Crippen LogP) is 4.36. The number of aromatic hydroxyl groups is 1. The molecule has 0 bridgehead atoms. The Kier molecular flexibility index (Phi) is 5.55. The van der Waals surface area contributed by atoms with Crippen LogP contribution < -0.4 is 5.73 Å². The Morgan fingerprint density at radius 1 is 1.22 bits per heavy atom. The minimum atomic E-state index is -0.126. The monoisotopic (exact) mass is 453 g/mol. The number of carbonyl (C=O) groups is 1. The summed E-state index contributed by atoms with van der Waals surface area (Å²) in [6, 6.07) is 6.78. The quantitative estimate of drug-likeness (QED) is 0.614. The van der Waals surface area contributed by atoms with Crippen LogP contribution in [0.25, 0.3) is 5.65 Å². The minimum absolute atomic E-state index is 0.0855. The Bertz CT molecular complexity index is 1180. The van der Waals surface area contributed by atoms with E-state index in [0.29, 0.717) is 18.0 Å². The number of aryl methyl sites for hydroxylation is 1. The largest absolute Gasteiger partial charge is 0.506 e. The molecule has 3 N–H and O–H groups in total. The zero-order valence-corrected chi connectivity index (χ0v) is 18.9. The van der Waals surface area contributed by atoms with Crippen LogP contribution in [0, 0.1) is 6.92 Å². The Morgan fingerprint density at radius 2 is 2.06 bits per heavy atom. The maximum absolute atomic E-state index is 13.3. The highest BCUT2D eigenvalue weighted by atomic mass is 35.5. The van der Waals surface area contributed by atoms with Crippen LogP contribution in [0.4, 0.5) is 0 Å². The summed E-state index contributed by atoms with van der Waals surface area (Å²) >= 11 is 5.92. The summed E-state index contributed by atoms with van der Waals surface area (Å²) < 4.78 is 1.83. The van der Waals surface area contributed by atoms with Crippen molar-refractivity contribution in [2.45, 2.75) is 63.5 Å². The summed E-state index contributed by atoms with van der Waals surface area (Å²) in [7, 11) is 0. The van der Waals surface area contributed by atoms with Gasteiger partial charge < -0.3 is 15.7 Å². The molecule has 0 spiro atoms. The van der Waals surface area contributed by atoms with Gasteiger partial charge in [0.05, 0.1) is 22.5 Å². The van der Waals surface area contributed by atoms with Crippen LogP contribution >= 0.6 is 11.6 Å². The molecule has 2 aliphatic rings. The lowest BCUT2D eigenvalue weighted by atomic mass is 9.98. The summed E-state index contributed by atoms with van der Waals surface area (Å²) in [5.74, 6) is 0.194. The van der Waals surface area contributed by atoms with Crippen LogP contribution in [-0.4, -0.2) is 43.1 Å². The lowest BCUT2D eigenvalue weighted by Gasteiger charge is -2.34. The SMILES string of the molecule is Cc1cn2nc([C@@H]3CCCCN3C(=O)c3ccc(Cl)c(O)c3)cc2nc1C1CC[C@H](N)C1. The lowest BCUT2D eigenvalue weighted by Crippen LogP contribution is -2.38. The fourth-order valence-electron chi connectivity index (χ4n) is 5.18. The van der Waals surface area contributed by atoms with Crippen molar-refractivity contribution in [3.05, 3.63) is 58.0 Å². The number of likely N-dealkylation sites (tertiary alicyclic amines) is 1. The van der Waals surface area contributed by atoms with Gasteiger partial charge in [0.25, 0.3) is 5.91 Å². The molecule has 1 saturated heterocycles. The number of rotatable bonds is 3. The fourth-order valence-corrected chi connectivity index (χ4v) is 5.29. The van der Waals surface area contributed by atoms with E-state index in [4.69, 9.17) is 27.4 Å². The zero-order valence-electron chi connectivity index (χ0n) is 18.2. The molecule has 2 fully saturated rings. The molecule has 8 heteroatoms. The third kappa shape index (κ3) is 3.84. The van der Waals surface area contributed by atoms with Crippen molar-refractivity contribution in [1.82, 2.24) is 19.5 Å². The highest BCUT2D eigenvalue weighted by molar-refractivity contribution is 6.32. The summed E-state index contributed by atoms with van der Waals surface area (Å²) in [5.41, 5.74) is 10.5. The van der Waals surface area contributed by atoms with Crippen molar-refractivity contribution in [3.8, 4) is 5.75 Å². The van der Waals surface area contributed by atoms with Gasteiger partial charge in [-0.15, -0.1) is 0 Å². The summed E-state index contributed by atoms with van der Waals surface area (Å²) in [4.78, 5) is 20.1. The molecule has 3 heterocycles. The molecule has 1 aliphatic carbocycles. The molecule has 1 unspecified atom stereocenters. The van der Waals surface area contributed by atoms with Gasteiger partial charge in [-0.3, -0.25) is 4.79 Å². The van der Waals surface area contributed by atoms with Crippen LogP contribution in [0.2, 0.25) is 5.02 Å². The van der Waals surface area contributed by atoms with Gasteiger partial charge in [-0.2, -0.15) is 5.10 Å². The van der Waals surface area contributed by atoms with Gasteiger partial charge in [0.2, 0.25) is 0 Å². The van der Waals surface area contributed by atoms with E-state index in [1.54, 1.807) is 12.1 Å². The number of benzene rings is 1. The number of amides is 1. The average Bonchev–Trinajstić information content (AvgIpc) is 3.40. The topological polar surface area (TPSA) is 96.8 Å². The third-order valence-electron chi connectivity index (χ3n) is 6.85. The van der Waals surface area contributed by atoms with Crippen LogP contribution in [0.15, 0.2) is 30.5 Å². The Balaban J connectivity index is 1.47. The first kappa shape index (κ1) is 21.2. The molecule has 1 aromatic carbocycles. The normalized spacial score (nSPS) is 23.7. The van der Waals surface area contributed by atoms with Gasteiger partial charge in [0.1, 0.15) is 5.75 Å². The predicted molar refractivity (Wildman–Crippen MR) is 123 cm³/mol. The van der Waals surface area contributed by atoms with Gasteiger partial charge in [-0.05, 0) is 69.2 Å². The van der Waals surface area contributed by atoms with Crippen LogP contribution in [0.1, 0.15) is 77.8 Å². The number of phenols is 1. The number of halogens is 1. The maximum atomic E-state index is 13.3. The van der Waals surface area contributed by atoms with Gasteiger partial charge in [0, 0.05) is 36.3 Å². The second-order valence-corrected chi connectivity index (χ2v) is 9.53. The van der Waals surface area contributed by atoms with E-state index in [0.717, 1.165) is 61.1 Å². The molecule has 5 rings (SSSR count). The number of nitrogens with zero attached hydrogens (tertiary/aromatic N) is 4. The third-order valence-corrected chi connectivity index (χ3v) is 7.17. The molecular formula is C24H28ClN5O2. The first-order valence-corrected chi connectivity index (χ1v) is 11.7. The van der Waals surface area contributed by atoms with Gasteiger partial charge in [-0.25, -0.2) is 9.50 Å². The number of hydrogen-bond acceptors (Lipinski definition) is 5. The van der Waals surface area contributed by atoms with Crippen LogP contribution in [0.5, 0.6) is 5.75 Å². The summed E-state index contributed by atoms with van der Waals surface area (Å²) in [6.07, 6.45) is 7.95. The number of nitrogens with two attached hydrogens (primary N) is 1. The van der Waals surface area contributed by atoms with E-state index >= 15 is 0 Å². The number of fused-ring (bicyclic) bond motifs is 1. The first-order chi connectivity index (χ1) is 15.4. The van der Waals surface area contributed by atoms with Crippen molar-refractivity contribution in [2.24, 2.45) is 5.73 Å². The molecule has 168 valence electrons. The van der Waals surface area contributed by atoms with Crippen LogP contribution in [0.3, 0.4) is 0 Å². The highest BCUT2D eigenvalue weighted by Gasteiger charge is 2.32. The summed E-state index contributed by atoms with van der Waals surface area (Å²) in [6.45, 7) is 2.73. The van der Waals surface area contributed by atoms with E-state index in [1.165, 1.54) is 6.07 Å². The average molecular weight is 454 g/mol. The Hall–Kier alpha value is -2.64. The molecule has 3 atom stereocenters. The van der Waals surface area contributed by atoms with Gasteiger partial charge in [0.15, 0.2) is 5.65 Å². The number of piperidine rings is 1. The molecule has 1 aliphatic heterocycles. The molecule has 0 radical (unpaired) electrons. The summed E-state index contributed by atoms with van der Waals surface area (Å²) in [5, 5.41) is 15.0. The number of aromatic nitrogens is 3. The maximum Gasteiger partial charge on any atom is 0.254 e. The van der Waals surface area contributed by atoms with E-state index in [-0.39, 0.29) is 28.8 Å². The minimum Gasteiger partial charge on any atom is -0.506 e. The molecule has 1 amide bonds. The number of hydrogen-bond donors (Lipinski definition) is 2.